The molecule has 0 saturated carbocycles. The van der Waals surface area contributed by atoms with E-state index in [1.54, 1.807) is 6.08 Å². The van der Waals surface area contributed by atoms with Crippen molar-refractivity contribution in [2.45, 2.75) is 389 Å². The number of aliphatic hydroxyl groups excluding tert-OH is 8. The number of nitrogens with one attached hydrogen (secondary N) is 1. The van der Waals surface area contributed by atoms with Crippen LogP contribution in [0.15, 0.2) is 24.3 Å². The number of unbranched alkanes of at least 4 members (excludes halogenated alkanes) is 43. The van der Waals surface area contributed by atoms with Crippen molar-refractivity contribution in [3.05, 3.63) is 24.3 Å². The molecule has 83 heavy (non-hydrogen) atoms. The van der Waals surface area contributed by atoms with E-state index in [1.807, 2.05) is 6.08 Å². The van der Waals surface area contributed by atoms with Gasteiger partial charge in [-0.25, -0.2) is 0 Å². The lowest BCUT2D eigenvalue weighted by Gasteiger charge is -2.46. The number of ether oxygens (including phenoxy) is 4. The maximum absolute atomic E-state index is 13.3. The Bertz CT molecular complexity index is 1490. The molecule has 14 heteroatoms. The number of hydrogen-bond donors (Lipinski definition) is 9. The van der Waals surface area contributed by atoms with Crippen LogP contribution >= 0.6 is 0 Å². The summed E-state index contributed by atoms with van der Waals surface area (Å²) in [4.78, 5) is 13.3. The first-order chi connectivity index (χ1) is 40.6. The van der Waals surface area contributed by atoms with Gasteiger partial charge in [-0.1, -0.05) is 301 Å². The van der Waals surface area contributed by atoms with Gasteiger partial charge in [-0.05, 0) is 32.1 Å². The minimum atomic E-state index is -1.79. The number of allylic oxidation sites excluding steroid dienone is 3. The molecule has 0 aromatic heterocycles. The summed E-state index contributed by atoms with van der Waals surface area (Å²) in [6, 6.07) is -0.929. The molecule has 0 aromatic rings. The third kappa shape index (κ3) is 39.2. The molecule has 2 aliphatic rings. The van der Waals surface area contributed by atoms with Crippen LogP contribution in [0.1, 0.15) is 316 Å². The van der Waals surface area contributed by atoms with Crippen molar-refractivity contribution in [1.29, 1.82) is 0 Å². The standard InChI is InChI=1S/C69H131NO13/c1-3-5-7-9-11-13-15-17-19-21-23-25-27-28-29-31-33-35-37-39-41-43-45-47-49-51-53-61(74)70-57(56-80-68-66(79)64(77)67(60(55-72)82-68)83-69-65(78)63(76)62(75)59(54-71)81-69)58(73)52-50-48-46-44-42-40-38-36-34-32-30-26-24-22-20-18-16-14-12-10-8-6-4-2/h42,44,50,52,57-60,62-69,71-73,75-79H,3-41,43,45-49,51,53-56H2,1-2H3,(H,70,74)/b44-42+,52-50+. The zero-order valence-corrected chi connectivity index (χ0v) is 53.2. The van der Waals surface area contributed by atoms with Crippen molar-refractivity contribution in [2.75, 3.05) is 19.8 Å². The van der Waals surface area contributed by atoms with Crippen molar-refractivity contribution >= 4 is 5.91 Å². The molecule has 2 saturated heterocycles. The average molecular weight is 1180 g/mol. The lowest BCUT2D eigenvalue weighted by atomic mass is 9.97. The van der Waals surface area contributed by atoms with E-state index < -0.39 is 86.8 Å². The van der Waals surface area contributed by atoms with Crippen molar-refractivity contribution in [3.8, 4) is 0 Å². The second-order valence-corrected chi connectivity index (χ2v) is 25.0. The van der Waals surface area contributed by atoms with Crippen molar-refractivity contribution in [2.24, 2.45) is 0 Å². The highest BCUT2D eigenvalue weighted by Gasteiger charge is 2.51. The second kappa shape index (κ2) is 54.6. The summed E-state index contributed by atoms with van der Waals surface area (Å²) in [5, 5.41) is 87.4. The Morgan fingerprint density at radius 2 is 0.771 bits per heavy atom. The van der Waals surface area contributed by atoms with Gasteiger partial charge >= 0.3 is 0 Å². The molecule has 12 atom stereocenters. The van der Waals surface area contributed by atoms with Crippen LogP contribution in [0.3, 0.4) is 0 Å². The fraction of sp³-hybridized carbons (Fsp3) is 0.928. The Kier molecular flexibility index (Phi) is 51.0. The summed E-state index contributed by atoms with van der Waals surface area (Å²) >= 11 is 0. The van der Waals surface area contributed by atoms with E-state index in [0.717, 1.165) is 32.1 Å². The number of carbonyl (C=O) groups is 1. The third-order valence-electron chi connectivity index (χ3n) is 17.4. The molecule has 0 aromatic carbocycles. The molecular weight excluding hydrogens is 1050 g/mol. The molecule has 0 radical (unpaired) electrons. The number of rotatable bonds is 58. The van der Waals surface area contributed by atoms with Crippen LogP contribution in [-0.2, 0) is 23.7 Å². The molecule has 2 fully saturated rings. The van der Waals surface area contributed by atoms with Gasteiger partial charge in [-0.3, -0.25) is 4.79 Å². The van der Waals surface area contributed by atoms with Gasteiger partial charge in [0.25, 0.3) is 0 Å². The maximum Gasteiger partial charge on any atom is 0.220 e. The molecule has 0 aliphatic carbocycles. The molecule has 12 unspecified atom stereocenters. The highest BCUT2D eigenvalue weighted by atomic mass is 16.7. The Labute approximate surface area is 507 Å². The third-order valence-corrected chi connectivity index (χ3v) is 17.4. The first kappa shape index (κ1) is 77.6. The summed E-state index contributed by atoms with van der Waals surface area (Å²) in [5.74, 6) is -0.242. The lowest BCUT2D eigenvalue weighted by molar-refractivity contribution is -0.359. The van der Waals surface area contributed by atoms with Gasteiger partial charge in [0, 0.05) is 6.42 Å². The summed E-state index contributed by atoms with van der Waals surface area (Å²) in [6.07, 6.45) is 50.9. The van der Waals surface area contributed by atoms with E-state index in [-0.39, 0.29) is 18.9 Å². The molecule has 2 heterocycles. The van der Waals surface area contributed by atoms with E-state index in [9.17, 15) is 45.6 Å². The van der Waals surface area contributed by atoms with Crippen molar-refractivity contribution < 1.29 is 64.6 Å². The van der Waals surface area contributed by atoms with Gasteiger partial charge < -0.3 is 65.1 Å². The first-order valence-electron chi connectivity index (χ1n) is 35.1. The molecule has 2 aliphatic heterocycles. The van der Waals surface area contributed by atoms with Gasteiger partial charge in [0.05, 0.1) is 32.0 Å². The van der Waals surface area contributed by atoms with Crippen LogP contribution in [0.25, 0.3) is 0 Å². The Hall–Kier alpha value is -1.53. The zero-order valence-electron chi connectivity index (χ0n) is 53.2. The molecule has 9 N–H and O–H groups in total. The van der Waals surface area contributed by atoms with Crippen LogP contribution in [-0.4, -0.2) is 140 Å². The number of hydrogen-bond acceptors (Lipinski definition) is 13. The number of amides is 1. The van der Waals surface area contributed by atoms with Gasteiger partial charge in [-0.2, -0.15) is 0 Å². The molecule has 14 nitrogen and oxygen atoms in total. The molecule has 490 valence electrons. The minimum Gasteiger partial charge on any atom is -0.394 e. The minimum absolute atomic E-state index is 0.242. The zero-order chi connectivity index (χ0) is 60.2. The first-order valence-corrected chi connectivity index (χ1v) is 35.1. The Morgan fingerprint density at radius 1 is 0.422 bits per heavy atom. The Balaban J connectivity index is 1.69. The smallest absolute Gasteiger partial charge is 0.220 e. The number of carbonyl (C=O) groups excluding carboxylic acids is 1. The molecule has 0 bridgehead atoms. The fourth-order valence-corrected chi connectivity index (χ4v) is 11.8. The van der Waals surface area contributed by atoms with E-state index in [4.69, 9.17) is 18.9 Å². The summed E-state index contributed by atoms with van der Waals surface area (Å²) in [5.41, 5.74) is 0. The molecule has 2 rings (SSSR count). The van der Waals surface area contributed by atoms with E-state index in [1.165, 1.54) is 250 Å². The van der Waals surface area contributed by atoms with E-state index >= 15 is 0 Å². The van der Waals surface area contributed by atoms with Crippen LogP contribution < -0.4 is 5.32 Å². The lowest BCUT2D eigenvalue weighted by Crippen LogP contribution is -2.65. The number of aliphatic hydroxyl groups is 8. The highest BCUT2D eigenvalue weighted by Crippen LogP contribution is 2.30. The predicted molar refractivity (Wildman–Crippen MR) is 337 cm³/mol. The largest absolute Gasteiger partial charge is 0.394 e. The van der Waals surface area contributed by atoms with Gasteiger partial charge in [-0.15, -0.1) is 0 Å². The van der Waals surface area contributed by atoms with E-state index in [2.05, 4.69) is 31.3 Å². The Morgan fingerprint density at radius 3 is 1.18 bits per heavy atom. The topological polar surface area (TPSA) is 228 Å². The normalized spacial score (nSPS) is 23.9. The van der Waals surface area contributed by atoms with Gasteiger partial charge in [0.1, 0.15) is 48.8 Å². The quantitative estimate of drug-likeness (QED) is 0.0204. The van der Waals surface area contributed by atoms with Crippen LogP contribution in [0, 0.1) is 0 Å². The monoisotopic (exact) mass is 1180 g/mol. The molecule has 1 amide bonds. The summed E-state index contributed by atoms with van der Waals surface area (Å²) in [6.45, 7) is 2.84. The van der Waals surface area contributed by atoms with Gasteiger partial charge in [0.2, 0.25) is 5.91 Å². The summed E-state index contributed by atoms with van der Waals surface area (Å²) in [7, 11) is 0. The fourth-order valence-electron chi connectivity index (χ4n) is 11.8. The van der Waals surface area contributed by atoms with Crippen molar-refractivity contribution in [1.82, 2.24) is 5.32 Å². The van der Waals surface area contributed by atoms with Crippen LogP contribution in [0.4, 0.5) is 0 Å². The maximum atomic E-state index is 13.3. The second-order valence-electron chi connectivity index (χ2n) is 25.0. The average Bonchev–Trinajstić information content (AvgIpc) is 3.65. The van der Waals surface area contributed by atoms with Crippen LogP contribution in [0.2, 0.25) is 0 Å². The van der Waals surface area contributed by atoms with Gasteiger partial charge in [0.15, 0.2) is 12.6 Å². The summed E-state index contributed by atoms with van der Waals surface area (Å²) < 4.78 is 22.8. The van der Waals surface area contributed by atoms with E-state index in [0.29, 0.717) is 12.8 Å². The molecular formula is C69H131NO13. The predicted octanol–water partition coefficient (Wildman–Crippen LogP) is 14.0. The van der Waals surface area contributed by atoms with Crippen LogP contribution in [0.5, 0.6) is 0 Å². The molecule has 0 spiro atoms. The van der Waals surface area contributed by atoms with Crippen molar-refractivity contribution in [3.63, 3.8) is 0 Å². The SMILES string of the molecule is CCCCCCCCCCCCCCCCCCC/C=C/CC/C=C/C(O)C(COC1OC(CO)C(OC2OC(CO)C(O)C(O)C2O)C(O)C1O)NC(=O)CCCCCCCCCCCCCCCCCCCCCCCCCCCC. The highest BCUT2D eigenvalue weighted by molar-refractivity contribution is 5.76.